The van der Waals surface area contributed by atoms with E-state index in [0.717, 1.165) is 17.1 Å². The van der Waals surface area contributed by atoms with Gasteiger partial charge in [0.25, 0.3) is 0 Å². The number of nitrogens with zero attached hydrogens (tertiary/aromatic N) is 1. The average Bonchev–Trinajstić information content (AvgIpc) is 3.07. The van der Waals surface area contributed by atoms with Crippen LogP contribution in [0, 0.1) is 5.92 Å². The zero-order valence-corrected chi connectivity index (χ0v) is 14.7. The molecule has 0 aromatic heterocycles. The highest BCUT2D eigenvalue weighted by Gasteiger charge is 2.28. The van der Waals surface area contributed by atoms with E-state index in [1.807, 2.05) is 18.2 Å². The van der Waals surface area contributed by atoms with Crippen LogP contribution < -0.4 is 20.5 Å². The molecule has 2 heterocycles. The lowest BCUT2D eigenvalue weighted by atomic mass is 9.84. The number of hydrogen-bond acceptors (Lipinski definition) is 4. The number of nitrogens with one attached hydrogen (secondary N) is 1. The molecule has 7 nitrogen and oxygen atoms in total. The van der Waals surface area contributed by atoms with Gasteiger partial charge in [-0.25, -0.2) is 4.79 Å². The minimum absolute atomic E-state index is 0.100. The second kappa shape index (κ2) is 6.82. The molecule has 3 rings (SSSR count). The predicted octanol–water partition coefficient (Wildman–Crippen LogP) is 1.60. The molecule has 7 heteroatoms. The lowest BCUT2D eigenvalue weighted by Crippen LogP contribution is -2.48. The molecule has 136 valence electrons. The fraction of sp³-hybridized carbons (Fsp3) is 0.556. The average molecular weight is 347 g/mol. The van der Waals surface area contributed by atoms with Gasteiger partial charge in [0, 0.05) is 31.0 Å². The van der Waals surface area contributed by atoms with Crippen molar-refractivity contribution in [1.82, 2.24) is 10.2 Å². The topological polar surface area (TPSA) is 93.9 Å². The van der Waals surface area contributed by atoms with Gasteiger partial charge in [-0.2, -0.15) is 0 Å². The number of amides is 3. The lowest BCUT2D eigenvalue weighted by Gasteiger charge is -2.32. The normalized spacial score (nSPS) is 17.4. The first-order valence-corrected chi connectivity index (χ1v) is 8.59. The minimum atomic E-state index is -0.274. The summed E-state index contributed by atoms with van der Waals surface area (Å²) in [6.07, 6.45) is 1.27. The molecule has 0 saturated carbocycles. The number of likely N-dealkylation sites (tertiary alicyclic amines) is 1. The highest BCUT2D eigenvalue weighted by molar-refractivity contribution is 5.78. The van der Waals surface area contributed by atoms with E-state index in [2.05, 4.69) is 19.2 Å². The van der Waals surface area contributed by atoms with Crippen LogP contribution in [-0.2, 0) is 10.2 Å². The number of carbonyl (C=O) groups excluding carboxylic acids is 2. The van der Waals surface area contributed by atoms with Crippen molar-refractivity contribution in [2.45, 2.75) is 32.1 Å². The van der Waals surface area contributed by atoms with Gasteiger partial charge < -0.3 is 25.4 Å². The first kappa shape index (κ1) is 17.4. The number of hydrogen-bond donors (Lipinski definition) is 2. The predicted molar refractivity (Wildman–Crippen MR) is 92.5 cm³/mol. The fourth-order valence-corrected chi connectivity index (χ4v) is 3.20. The third-order valence-electron chi connectivity index (χ3n) is 5.02. The molecule has 1 aromatic carbocycles. The second-order valence-corrected chi connectivity index (χ2v) is 7.27. The highest BCUT2D eigenvalue weighted by atomic mass is 16.7. The molecular weight excluding hydrogens is 322 g/mol. The molecule has 2 aliphatic heterocycles. The van der Waals surface area contributed by atoms with Crippen molar-refractivity contribution < 1.29 is 19.1 Å². The molecule has 0 spiro atoms. The number of rotatable bonds is 4. The van der Waals surface area contributed by atoms with Crippen molar-refractivity contribution in [3.8, 4) is 11.5 Å². The first-order chi connectivity index (χ1) is 11.9. The highest BCUT2D eigenvalue weighted by Crippen LogP contribution is 2.36. The van der Waals surface area contributed by atoms with Gasteiger partial charge in [-0.3, -0.25) is 4.79 Å². The summed E-state index contributed by atoms with van der Waals surface area (Å²) >= 11 is 0. The molecule has 2 aliphatic rings. The van der Waals surface area contributed by atoms with Crippen molar-refractivity contribution in [3.05, 3.63) is 23.8 Å². The molecule has 3 N–H and O–H groups in total. The smallest absolute Gasteiger partial charge is 0.317 e. The first-order valence-electron chi connectivity index (χ1n) is 8.59. The van der Waals surface area contributed by atoms with Gasteiger partial charge in [-0.1, -0.05) is 19.9 Å². The van der Waals surface area contributed by atoms with Crippen molar-refractivity contribution >= 4 is 11.9 Å². The van der Waals surface area contributed by atoms with Crippen LogP contribution in [0.1, 0.15) is 32.3 Å². The summed E-state index contributed by atoms with van der Waals surface area (Å²) < 4.78 is 10.8. The molecule has 0 unspecified atom stereocenters. The Labute approximate surface area is 147 Å². The Kier molecular flexibility index (Phi) is 4.74. The summed E-state index contributed by atoms with van der Waals surface area (Å²) in [5, 5.41) is 3.00. The van der Waals surface area contributed by atoms with E-state index in [1.165, 1.54) is 0 Å². The van der Waals surface area contributed by atoms with Crippen LogP contribution in [0.2, 0.25) is 0 Å². The second-order valence-electron chi connectivity index (χ2n) is 7.27. The maximum atomic E-state index is 12.4. The molecule has 1 saturated heterocycles. The van der Waals surface area contributed by atoms with Gasteiger partial charge in [-0.05, 0) is 30.5 Å². The van der Waals surface area contributed by atoms with E-state index in [9.17, 15) is 9.59 Å². The molecule has 0 aliphatic carbocycles. The van der Waals surface area contributed by atoms with Crippen LogP contribution in [0.25, 0.3) is 0 Å². The Balaban J connectivity index is 1.55. The maximum Gasteiger partial charge on any atom is 0.317 e. The molecular formula is C18H25N3O4. The number of ether oxygens (including phenoxy) is 2. The van der Waals surface area contributed by atoms with Crippen LogP contribution >= 0.6 is 0 Å². The maximum absolute atomic E-state index is 12.4. The van der Waals surface area contributed by atoms with Gasteiger partial charge in [0.05, 0.1) is 0 Å². The number of primary amides is 1. The zero-order chi connectivity index (χ0) is 18.0. The van der Waals surface area contributed by atoms with Gasteiger partial charge >= 0.3 is 6.03 Å². The standard InChI is InChI=1S/C18H25N3O4/c1-18(2,13-3-4-14-15(9-13)25-11-24-14)10-20-17(23)21-7-5-12(6-8-21)16(19)22/h3-4,9,12H,5-8,10-11H2,1-2H3,(H2,19,22)(H,20,23). The molecule has 0 bridgehead atoms. The van der Waals surface area contributed by atoms with Crippen LogP contribution in [0.15, 0.2) is 18.2 Å². The number of urea groups is 1. The largest absolute Gasteiger partial charge is 0.454 e. The van der Waals surface area contributed by atoms with Crippen LogP contribution in [-0.4, -0.2) is 43.3 Å². The summed E-state index contributed by atoms with van der Waals surface area (Å²) in [5.41, 5.74) is 6.16. The van der Waals surface area contributed by atoms with E-state index in [4.69, 9.17) is 15.2 Å². The van der Waals surface area contributed by atoms with Crippen LogP contribution in [0.4, 0.5) is 4.79 Å². The molecule has 25 heavy (non-hydrogen) atoms. The van der Waals surface area contributed by atoms with Gasteiger partial charge in [-0.15, -0.1) is 0 Å². The minimum Gasteiger partial charge on any atom is -0.454 e. The molecule has 1 aromatic rings. The molecule has 0 radical (unpaired) electrons. The van der Waals surface area contributed by atoms with Gasteiger partial charge in [0.15, 0.2) is 11.5 Å². The number of benzene rings is 1. The van der Waals surface area contributed by atoms with E-state index < -0.39 is 0 Å². The van der Waals surface area contributed by atoms with Crippen molar-refractivity contribution in [2.75, 3.05) is 26.4 Å². The third-order valence-corrected chi connectivity index (χ3v) is 5.02. The zero-order valence-electron chi connectivity index (χ0n) is 14.7. The summed E-state index contributed by atoms with van der Waals surface area (Å²) in [6.45, 7) is 6.01. The SMILES string of the molecule is CC(C)(CNC(=O)N1CCC(C(N)=O)CC1)c1ccc2c(c1)OCO2. The van der Waals surface area contributed by atoms with E-state index in [0.29, 0.717) is 32.5 Å². The Bertz CT molecular complexity index is 666. The van der Waals surface area contributed by atoms with E-state index in [1.54, 1.807) is 4.90 Å². The van der Waals surface area contributed by atoms with Crippen molar-refractivity contribution in [3.63, 3.8) is 0 Å². The number of nitrogens with two attached hydrogens (primary N) is 1. The summed E-state index contributed by atoms with van der Waals surface area (Å²) in [5.74, 6) is 1.10. The lowest BCUT2D eigenvalue weighted by molar-refractivity contribution is -0.123. The quantitative estimate of drug-likeness (QED) is 0.865. The Morgan fingerprint density at radius 1 is 1.24 bits per heavy atom. The van der Waals surface area contributed by atoms with Crippen LogP contribution in [0.5, 0.6) is 11.5 Å². The van der Waals surface area contributed by atoms with E-state index >= 15 is 0 Å². The summed E-state index contributed by atoms with van der Waals surface area (Å²) in [7, 11) is 0. The molecule has 1 fully saturated rings. The summed E-state index contributed by atoms with van der Waals surface area (Å²) in [6, 6.07) is 5.76. The fourth-order valence-electron chi connectivity index (χ4n) is 3.20. The number of fused-ring (bicyclic) bond motifs is 1. The van der Waals surface area contributed by atoms with Crippen molar-refractivity contribution in [1.29, 1.82) is 0 Å². The third kappa shape index (κ3) is 3.81. The van der Waals surface area contributed by atoms with E-state index in [-0.39, 0.29) is 30.1 Å². The van der Waals surface area contributed by atoms with Crippen LogP contribution in [0.3, 0.4) is 0 Å². The van der Waals surface area contributed by atoms with Gasteiger partial charge in [0.2, 0.25) is 12.7 Å². The Morgan fingerprint density at radius 3 is 2.60 bits per heavy atom. The molecule has 0 atom stereocenters. The Morgan fingerprint density at radius 2 is 1.92 bits per heavy atom. The van der Waals surface area contributed by atoms with Crippen molar-refractivity contribution in [2.24, 2.45) is 11.7 Å². The molecule has 3 amide bonds. The monoisotopic (exact) mass is 347 g/mol. The number of piperidine rings is 1. The summed E-state index contributed by atoms with van der Waals surface area (Å²) in [4.78, 5) is 25.3. The Hall–Kier alpha value is -2.44. The van der Waals surface area contributed by atoms with Gasteiger partial charge in [0.1, 0.15) is 0 Å². The number of carbonyl (C=O) groups is 2.